The second-order valence-electron chi connectivity index (χ2n) is 3.85. The molecule has 2 aliphatic heterocycles. The Labute approximate surface area is 82.8 Å². The Kier molecular flexibility index (Phi) is 1.51. The molecular weight excluding hydrogens is 174 g/mol. The molecule has 70 valence electrons. The van der Waals surface area contributed by atoms with E-state index < -0.39 is 0 Å². The Hall–Kier alpha value is -1.57. The van der Waals surface area contributed by atoms with Crippen LogP contribution in [0.3, 0.4) is 0 Å². The number of benzene rings is 1. The number of fused-ring (bicyclic) bond motifs is 1. The van der Waals surface area contributed by atoms with Crippen LogP contribution in [0.25, 0.3) is 0 Å². The summed E-state index contributed by atoms with van der Waals surface area (Å²) in [5, 5.41) is 0. The minimum Gasteiger partial charge on any atom is -0.315 e. The summed E-state index contributed by atoms with van der Waals surface area (Å²) in [4.78, 5) is 13.0. The molecule has 2 heterocycles. The molecule has 3 rings (SSSR count). The van der Waals surface area contributed by atoms with Crippen LogP contribution in [0, 0.1) is 0 Å². The van der Waals surface area contributed by atoms with Crippen LogP contribution in [0.4, 0.5) is 0 Å². The van der Waals surface area contributed by atoms with Gasteiger partial charge >= 0.3 is 0 Å². The van der Waals surface area contributed by atoms with Gasteiger partial charge < -0.3 is 4.90 Å². The summed E-state index contributed by atoms with van der Waals surface area (Å²) in [6.07, 6.45) is 4.76. The van der Waals surface area contributed by atoms with Crippen molar-refractivity contribution in [1.82, 2.24) is 4.90 Å². The number of nitrogens with zero attached hydrogens (tertiary/aromatic N) is 1. The SMILES string of the molecule is O=C1C[C@H]2C(c3ccccc3)C=CN12. The third-order valence-corrected chi connectivity index (χ3v) is 3.08. The molecule has 1 amide bonds. The maximum Gasteiger partial charge on any atom is 0.228 e. The number of amides is 1. The molecule has 1 aromatic carbocycles. The first kappa shape index (κ1) is 7.80. The lowest BCUT2D eigenvalue weighted by atomic mass is 9.87. The number of carbonyl (C=O) groups excluding carboxylic acids is 1. The molecule has 2 nitrogen and oxygen atoms in total. The van der Waals surface area contributed by atoms with E-state index in [-0.39, 0.29) is 5.91 Å². The zero-order valence-corrected chi connectivity index (χ0v) is 7.76. The third-order valence-electron chi connectivity index (χ3n) is 3.08. The first-order valence-corrected chi connectivity index (χ1v) is 4.91. The summed E-state index contributed by atoms with van der Waals surface area (Å²) >= 11 is 0. The number of β-lactam (4-membered cyclic amide) rings is 1. The van der Waals surface area contributed by atoms with Gasteiger partial charge in [0.25, 0.3) is 0 Å². The van der Waals surface area contributed by atoms with Crippen LogP contribution in [0.15, 0.2) is 42.6 Å². The average molecular weight is 185 g/mol. The Bertz CT molecular complexity index is 396. The van der Waals surface area contributed by atoms with E-state index in [1.165, 1.54) is 5.56 Å². The second kappa shape index (κ2) is 2.71. The van der Waals surface area contributed by atoms with Gasteiger partial charge in [-0.25, -0.2) is 0 Å². The van der Waals surface area contributed by atoms with Gasteiger partial charge in [0.05, 0.1) is 6.04 Å². The lowest BCUT2D eigenvalue weighted by molar-refractivity contribution is -0.140. The summed E-state index contributed by atoms with van der Waals surface area (Å²) in [7, 11) is 0. The number of hydrogen-bond donors (Lipinski definition) is 0. The molecule has 0 saturated carbocycles. The van der Waals surface area contributed by atoms with Gasteiger partial charge in [-0.2, -0.15) is 0 Å². The van der Waals surface area contributed by atoms with Gasteiger partial charge in [0.1, 0.15) is 0 Å². The van der Waals surface area contributed by atoms with Gasteiger partial charge in [0.2, 0.25) is 5.91 Å². The van der Waals surface area contributed by atoms with Crippen LogP contribution in [0.2, 0.25) is 0 Å². The molecule has 0 radical (unpaired) electrons. The van der Waals surface area contributed by atoms with Gasteiger partial charge in [-0.15, -0.1) is 0 Å². The van der Waals surface area contributed by atoms with Crippen molar-refractivity contribution in [2.24, 2.45) is 0 Å². The minimum absolute atomic E-state index is 0.254. The highest BCUT2D eigenvalue weighted by Crippen LogP contribution is 2.38. The quantitative estimate of drug-likeness (QED) is 0.612. The maximum atomic E-state index is 11.2. The van der Waals surface area contributed by atoms with Crippen LogP contribution in [-0.2, 0) is 4.79 Å². The topological polar surface area (TPSA) is 20.3 Å². The molecule has 2 heteroatoms. The lowest BCUT2D eigenvalue weighted by Gasteiger charge is -2.37. The summed E-state index contributed by atoms with van der Waals surface area (Å²) in [6.45, 7) is 0. The van der Waals surface area contributed by atoms with E-state index >= 15 is 0 Å². The largest absolute Gasteiger partial charge is 0.315 e. The fourth-order valence-electron chi connectivity index (χ4n) is 2.27. The molecule has 0 bridgehead atoms. The molecule has 0 aromatic heterocycles. The van der Waals surface area contributed by atoms with Crippen LogP contribution in [0.5, 0.6) is 0 Å². The fraction of sp³-hybridized carbons (Fsp3) is 0.250. The van der Waals surface area contributed by atoms with Crippen molar-refractivity contribution in [2.45, 2.75) is 18.4 Å². The fourth-order valence-corrected chi connectivity index (χ4v) is 2.27. The minimum atomic E-state index is 0.254. The maximum absolute atomic E-state index is 11.2. The molecule has 2 aliphatic rings. The summed E-state index contributed by atoms with van der Waals surface area (Å²) in [5.41, 5.74) is 1.31. The van der Waals surface area contributed by atoms with Crippen molar-refractivity contribution in [1.29, 1.82) is 0 Å². The van der Waals surface area contributed by atoms with Crippen molar-refractivity contribution in [3.05, 3.63) is 48.2 Å². The highest BCUT2D eigenvalue weighted by atomic mass is 16.2. The van der Waals surface area contributed by atoms with Gasteiger partial charge in [0.15, 0.2) is 0 Å². The van der Waals surface area contributed by atoms with Gasteiger partial charge in [-0.1, -0.05) is 36.4 Å². The molecule has 0 N–H and O–H groups in total. The molecule has 2 atom stereocenters. The molecule has 0 aliphatic carbocycles. The Morgan fingerprint density at radius 3 is 2.64 bits per heavy atom. The van der Waals surface area contributed by atoms with E-state index in [1.807, 2.05) is 29.3 Å². The third kappa shape index (κ3) is 0.939. The molecule has 14 heavy (non-hydrogen) atoms. The van der Waals surface area contributed by atoms with E-state index in [0.717, 1.165) is 0 Å². The van der Waals surface area contributed by atoms with Gasteiger partial charge in [0, 0.05) is 18.5 Å². The first-order valence-electron chi connectivity index (χ1n) is 4.91. The van der Waals surface area contributed by atoms with E-state index in [4.69, 9.17) is 0 Å². The zero-order chi connectivity index (χ0) is 9.54. The van der Waals surface area contributed by atoms with Crippen LogP contribution >= 0.6 is 0 Å². The van der Waals surface area contributed by atoms with Gasteiger partial charge in [-0.3, -0.25) is 4.79 Å². The second-order valence-corrected chi connectivity index (χ2v) is 3.85. The van der Waals surface area contributed by atoms with Crippen molar-refractivity contribution in [2.75, 3.05) is 0 Å². The van der Waals surface area contributed by atoms with Gasteiger partial charge in [-0.05, 0) is 5.56 Å². The van der Waals surface area contributed by atoms with E-state index in [9.17, 15) is 4.79 Å². The van der Waals surface area contributed by atoms with E-state index in [2.05, 4.69) is 18.2 Å². The lowest BCUT2D eigenvalue weighted by Crippen LogP contribution is -2.48. The standard InChI is InChI=1S/C12H11NO/c14-12-8-11-10(6-7-13(11)12)9-4-2-1-3-5-9/h1-7,10-11H,8H2/t10?,11-/m0/s1. The Balaban J connectivity index is 1.90. The van der Waals surface area contributed by atoms with Crippen molar-refractivity contribution >= 4 is 5.91 Å². The molecule has 0 spiro atoms. The van der Waals surface area contributed by atoms with E-state index in [1.54, 1.807) is 0 Å². The first-order chi connectivity index (χ1) is 6.86. The highest BCUT2D eigenvalue weighted by molar-refractivity contribution is 5.85. The average Bonchev–Trinajstić information content (AvgIpc) is 2.56. The van der Waals surface area contributed by atoms with Crippen LogP contribution in [0.1, 0.15) is 17.9 Å². The molecular formula is C12H11NO. The van der Waals surface area contributed by atoms with Crippen molar-refractivity contribution < 1.29 is 4.79 Å². The number of carbonyl (C=O) groups is 1. The van der Waals surface area contributed by atoms with Crippen molar-refractivity contribution in [3.63, 3.8) is 0 Å². The van der Waals surface area contributed by atoms with Crippen LogP contribution in [-0.4, -0.2) is 16.8 Å². The number of rotatable bonds is 1. The Morgan fingerprint density at radius 1 is 1.21 bits per heavy atom. The van der Waals surface area contributed by atoms with E-state index in [0.29, 0.717) is 18.4 Å². The monoisotopic (exact) mass is 185 g/mol. The molecule has 1 aromatic rings. The smallest absolute Gasteiger partial charge is 0.228 e. The molecule has 1 saturated heterocycles. The summed E-state index contributed by atoms with van der Waals surface area (Å²) in [6, 6.07) is 10.8. The number of hydrogen-bond acceptors (Lipinski definition) is 1. The summed E-state index contributed by atoms with van der Waals surface area (Å²) < 4.78 is 0. The van der Waals surface area contributed by atoms with Crippen LogP contribution < -0.4 is 0 Å². The highest BCUT2D eigenvalue weighted by Gasteiger charge is 2.43. The van der Waals surface area contributed by atoms with Crippen molar-refractivity contribution in [3.8, 4) is 0 Å². The molecule has 1 fully saturated rings. The predicted molar refractivity (Wildman–Crippen MR) is 53.6 cm³/mol. The predicted octanol–water partition coefficient (Wildman–Crippen LogP) is 1.90. The normalized spacial score (nSPS) is 28.9. The molecule has 1 unspecified atom stereocenters. The zero-order valence-electron chi connectivity index (χ0n) is 7.76. The summed E-state index contributed by atoms with van der Waals surface area (Å²) in [5.74, 6) is 0.665. The Morgan fingerprint density at radius 2 is 2.00 bits per heavy atom.